The normalized spacial score (nSPS) is 12.0. The van der Waals surface area contributed by atoms with Gasteiger partial charge in [-0.1, -0.05) is 24.3 Å². The van der Waals surface area contributed by atoms with E-state index in [0.29, 0.717) is 24.6 Å². The van der Waals surface area contributed by atoms with E-state index in [9.17, 15) is 9.59 Å². The van der Waals surface area contributed by atoms with Crippen LogP contribution < -0.4 is 19.7 Å². The summed E-state index contributed by atoms with van der Waals surface area (Å²) in [5.74, 6) is 0.938. The van der Waals surface area contributed by atoms with Gasteiger partial charge in [-0.3, -0.25) is 9.59 Å². The Hall–Kier alpha value is -3.74. The van der Waals surface area contributed by atoms with Gasteiger partial charge in [-0.05, 0) is 30.3 Å². The number of nitrogens with zero attached hydrogens (tertiary/aromatic N) is 2. The average molecular weight is 419 g/mol. The lowest BCUT2D eigenvalue weighted by Crippen LogP contribution is -2.35. The van der Waals surface area contributed by atoms with Crippen molar-refractivity contribution in [2.24, 2.45) is 0 Å². The number of anilines is 1. The van der Waals surface area contributed by atoms with Crippen LogP contribution in [-0.2, 0) is 22.7 Å². The fraction of sp³-hybridized carbons (Fsp3) is 0.250. The van der Waals surface area contributed by atoms with Crippen molar-refractivity contribution in [2.75, 3.05) is 19.1 Å². The maximum Gasteiger partial charge on any atom is 0.227 e. The van der Waals surface area contributed by atoms with Crippen LogP contribution in [-0.4, -0.2) is 30.6 Å². The van der Waals surface area contributed by atoms with Crippen LogP contribution in [0.25, 0.3) is 5.69 Å². The number of amides is 2. The van der Waals surface area contributed by atoms with Crippen molar-refractivity contribution in [1.82, 2.24) is 9.88 Å². The molecule has 2 amide bonds. The third-order valence-electron chi connectivity index (χ3n) is 5.41. The van der Waals surface area contributed by atoms with E-state index in [0.717, 1.165) is 22.6 Å². The first-order valence-electron chi connectivity index (χ1n) is 10.1. The largest absolute Gasteiger partial charge is 0.493 e. The van der Waals surface area contributed by atoms with Gasteiger partial charge in [0.15, 0.2) is 11.5 Å². The molecule has 31 heavy (non-hydrogen) atoms. The topological polar surface area (TPSA) is 72.8 Å². The van der Waals surface area contributed by atoms with Crippen LogP contribution in [0, 0.1) is 0 Å². The molecule has 0 radical (unpaired) electrons. The molecule has 0 saturated heterocycles. The minimum Gasteiger partial charge on any atom is -0.493 e. The van der Waals surface area contributed by atoms with Crippen LogP contribution in [0.5, 0.6) is 11.5 Å². The van der Waals surface area contributed by atoms with Crippen molar-refractivity contribution in [3.05, 3.63) is 72.1 Å². The van der Waals surface area contributed by atoms with Crippen molar-refractivity contribution in [1.29, 1.82) is 0 Å². The smallest absolute Gasteiger partial charge is 0.227 e. The maximum absolute atomic E-state index is 13.0. The highest BCUT2D eigenvalue weighted by Crippen LogP contribution is 2.33. The average Bonchev–Trinajstić information content (AvgIpc) is 3.29. The van der Waals surface area contributed by atoms with E-state index in [-0.39, 0.29) is 24.7 Å². The highest BCUT2D eigenvalue weighted by Gasteiger charge is 2.26. The minimum absolute atomic E-state index is 0.0750. The van der Waals surface area contributed by atoms with Gasteiger partial charge in [0, 0.05) is 36.8 Å². The Morgan fingerprint density at radius 1 is 0.935 bits per heavy atom. The second-order valence-corrected chi connectivity index (χ2v) is 7.27. The zero-order chi connectivity index (χ0) is 21.8. The van der Waals surface area contributed by atoms with Crippen LogP contribution in [0.4, 0.5) is 5.69 Å². The summed E-state index contributed by atoms with van der Waals surface area (Å²) in [6.07, 6.45) is 2.25. The number of nitrogens with one attached hydrogen (secondary N) is 1. The van der Waals surface area contributed by atoms with Crippen LogP contribution >= 0.6 is 0 Å². The molecule has 160 valence electrons. The molecule has 7 heteroatoms. The molecule has 2 heterocycles. The lowest BCUT2D eigenvalue weighted by Gasteiger charge is -2.31. The maximum atomic E-state index is 13.0. The molecule has 1 aromatic heterocycles. The first-order chi connectivity index (χ1) is 15.1. The Morgan fingerprint density at radius 2 is 1.74 bits per heavy atom. The summed E-state index contributed by atoms with van der Waals surface area (Å²) < 4.78 is 12.8. The fourth-order valence-corrected chi connectivity index (χ4v) is 3.88. The summed E-state index contributed by atoms with van der Waals surface area (Å²) in [4.78, 5) is 27.1. The van der Waals surface area contributed by atoms with Gasteiger partial charge in [-0.25, -0.2) is 0 Å². The van der Waals surface area contributed by atoms with Crippen molar-refractivity contribution in [3.63, 3.8) is 0 Å². The standard InChI is InChI=1S/C24H25N3O4/c1-30-21-11-5-7-17(24(21)31-2)15-25-22(28)12-13-23(29)27-16-18-8-6-14-26(18)19-9-3-4-10-20(19)27/h3-11,14H,12-13,15-16H2,1-2H3,(H,25,28). The number of ether oxygens (including phenoxy) is 2. The molecule has 1 N–H and O–H groups in total. The van der Waals surface area contributed by atoms with E-state index in [1.165, 1.54) is 0 Å². The summed E-state index contributed by atoms with van der Waals surface area (Å²) in [6.45, 7) is 0.791. The van der Waals surface area contributed by atoms with Crippen molar-refractivity contribution in [3.8, 4) is 17.2 Å². The molecule has 1 aliphatic rings. The minimum atomic E-state index is -0.188. The predicted octanol–water partition coefficient (Wildman–Crippen LogP) is 3.44. The number of para-hydroxylation sites is 3. The highest BCUT2D eigenvalue weighted by atomic mass is 16.5. The van der Waals surface area contributed by atoms with Gasteiger partial charge in [0.25, 0.3) is 0 Å². The Labute approximate surface area is 181 Å². The molecule has 3 aromatic rings. The Balaban J connectivity index is 1.37. The molecule has 7 nitrogen and oxygen atoms in total. The number of methoxy groups -OCH3 is 2. The summed E-state index contributed by atoms with van der Waals surface area (Å²) in [5, 5.41) is 2.86. The Kier molecular flexibility index (Phi) is 5.93. The Bertz CT molecular complexity index is 1110. The van der Waals surface area contributed by atoms with Gasteiger partial charge in [-0.15, -0.1) is 0 Å². The number of aromatic nitrogens is 1. The molecule has 4 rings (SSSR count). The first kappa shape index (κ1) is 20.5. The van der Waals surface area contributed by atoms with E-state index >= 15 is 0 Å². The van der Waals surface area contributed by atoms with E-state index in [1.54, 1.807) is 25.2 Å². The first-order valence-corrected chi connectivity index (χ1v) is 10.1. The number of carbonyl (C=O) groups excluding carboxylic acids is 2. The van der Waals surface area contributed by atoms with Gasteiger partial charge in [0.05, 0.1) is 32.1 Å². The monoisotopic (exact) mass is 419 g/mol. The van der Waals surface area contributed by atoms with Gasteiger partial charge in [-0.2, -0.15) is 0 Å². The van der Waals surface area contributed by atoms with Crippen LogP contribution in [0.1, 0.15) is 24.1 Å². The second kappa shape index (κ2) is 8.95. The molecule has 0 fully saturated rings. The quantitative estimate of drug-likeness (QED) is 0.637. The molecule has 0 bridgehead atoms. The van der Waals surface area contributed by atoms with E-state index in [4.69, 9.17) is 9.47 Å². The van der Waals surface area contributed by atoms with Gasteiger partial charge in [0.2, 0.25) is 11.8 Å². The van der Waals surface area contributed by atoms with Crippen molar-refractivity contribution < 1.29 is 19.1 Å². The summed E-state index contributed by atoms with van der Waals surface area (Å²) in [7, 11) is 3.14. The van der Waals surface area contributed by atoms with Crippen LogP contribution in [0.15, 0.2) is 60.8 Å². The fourth-order valence-electron chi connectivity index (χ4n) is 3.88. The molecule has 0 atom stereocenters. The van der Waals surface area contributed by atoms with E-state index < -0.39 is 0 Å². The second-order valence-electron chi connectivity index (χ2n) is 7.27. The predicted molar refractivity (Wildman–Crippen MR) is 118 cm³/mol. The molecule has 2 aromatic carbocycles. The van der Waals surface area contributed by atoms with E-state index in [1.807, 2.05) is 54.7 Å². The zero-order valence-corrected chi connectivity index (χ0v) is 17.6. The summed E-state index contributed by atoms with van der Waals surface area (Å²) in [5.41, 5.74) is 3.68. The molecule has 0 unspecified atom stereocenters. The summed E-state index contributed by atoms with van der Waals surface area (Å²) >= 11 is 0. The van der Waals surface area contributed by atoms with Gasteiger partial charge in [0.1, 0.15) is 0 Å². The number of benzene rings is 2. The number of carbonyl (C=O) groups is 2. The Morgan fingerprint density at radius 3 is 2.52 bits per heavy atom. The molecule has 0 spiro atoms. The molecule has 1 aliphatic heterocycles. The van der Waals surface area contributed by atoms with Crippen molar-refractivity contribution in [2.45, 2.75) is 25.9 Å². The van der Waals surface area contributed by atoms with Crippen molar-refractivity contribution >= 4 is 17.5 Å². The number of hydrogen-bond donors (Lipinski definition) is 1. The SMILES string of the molecule is COc1cccc(CNC(=O)CCC(=O)N2Cc3cccn3-c3ccccc32)c1OC. The number of rotatable bonds is 7. The van der Waals surface area contributed by atoms with Crippen LogP contribution in [0.2, 0.25) is 0 Å². The summed E-state index contributed by atoms with van der Waals surface area (Å²) in [6, 6.07) is 17.3. The lowest BCUT2D eigenvalue weighted by molar-refractivity contribution is -0.125. The molecule has 0 aliphatic carbocycles. The van der Waals surface area contributed by atoms with Gasteiger partial charge < -0.3 is 24.3 Å². The third-order valence-corrected chi connectivity index (χ3v) is 5.41. The number of hydrogen-bond acceptors (Lipinski definition) is 4. The zero-order valence-electron chi connectivity index (χ0n) is 17.6. The number of fused-ring (bicyclic) bond motifs is 3. The third kappa shape index (κ3) is 4.12. The lowest BCUT2D eigenvalue weighted by atomic mass is 10.1. The molecular weight excluding hydrogens is 394 g/mol. The van der Waals surface area contributed by atoms with Gasteiger partial charge >= 0.3 is 0 Å². The highest BCUT2D eigenvalue weighted by molar-refractivity contribution is 5.97. The molecular formula is C24H25N3O4. The molecule has 0 saturated carbocycles. The van der Waals surface area contributed by atoms with E-state index in [2.05, 4.69) is 9.88 Å². The van der Waals surface area contributed by atoms with Crippen LogP contribution in [0.3, 0.4) is 0 Å².